The summed E-state index contributed by atoms with van der Waals surface area (Å²) in [6.07, 6.45) is -6.29. The van der Waals surface area contributed by atoms with Crippen molar-refractivity contribution in [2.45, 2.75) is 37.1 Å². The molecule has 0 bridgehead atoms. The van der Waals surface area contributed by atoms with Crippen LogP contribution in [0.2, 0.25) is 0 Å². The largest absolute Gasteiger partial charge is 0.394 e. The Balaban J connectivity index is 3.04. The number of thiocarbonyl (C=S) groups is 1. The molecule has 0 aliphatic carbocycles. The van der Waals surface area contributed by atoms with Crippen LogP contribution in [0.15, 0.2) is 0 Å². The lowest BCUT2D eigenvalue weighted by Gasteiger charge is -2.46. The summed E-state index contributed by atoms with van der Waals surface area (Å²) in [7, 11) is 0. The van der Waals surface area contributed by atoms with Gasteiger partial charge in [-0.2, -0.15) is 0 Å². The SMILES string of the molecule is CC(=S)[C@]1(O)[C@H](O)[C@@H](O)[C@H](O)O[C@@H]1CO. The molecule has 1 heterocycles. The monoisotopic (exact) mass is 238 g/mol. The van der Waals surface area contributed by atoms with Crippen LogP contribution in [0.25, 0.3) is 0 Å². The van der Waals surface area contributed by atoms with Crippen LogP contribution in [0.3, 0.4) is 0 Å². The molecule has 0 spiro atoms. The Hall–Kier alpha value is -0.150. The Morgan fingerprint density at radius 1 is 1.40 bits per heavy atom. The summed E-state index contributed by atoms with van der Waals surface area (Å²) in [6, 6.07) is 0. The average molecular weight is 238 g/mol. The molecule has 1 fully saturated rings. The fraction of sp³-hybridized carbons (Fsp3) is 0.875. The number of aliphatic hydroxyl groups excluding tert-OH is 4. The zero-order valence-electron chi connectivity index (χ0n) is 8.07. The minimum atomic E-state index is -2.04. The zero-order chi connectivity index (χ0) is 11.8. The van der Waals surface area contributed by atoms with Crippen LogP contribution in [0, 0.1) is 0 Å². The number of rotatable bonds is 2. The molecule has 6 nitrogen and oxygen atoms in total. The van der Waals surface area contributed by atoms with Gasteiger partial charge < -0.3 is 30.3 Å². The molecule has 15 heavy (non-hydrogen) atoms. The first-order valence-corrected chi connectivity index (χ1v) is 4.80. The van der Waals surface area contributed by atoms with Crippen molar-refractivity contribution >= 4 is 17.1 Å². The van der Waals surface area contributed by atoms with Crippen LogP contribution in [0.1, 0.15) is 6.92 Å². The van der Waals surface area contributed by atoms with E-state index in [0.29, 0.717) is 0 Å². The van der Waals surface area contributed by atoms with E-state index >= 15 is 0 Å². The predicted octanol–water partition coefficient (Wildman–Crippen LogP) is -2.46. The Kier molecular flexibility index (Phi) is 3.77. The predicted molar refractivity (Wildman–Crippen MR) is 53.2 cm³/mol. The number of aliphatic hydroxyl groups is 5. The molecule has 0 saturated carbocycles. The second-order valence-electron chi connectivity index (χ2n) is 3.51. The standard InChI is InChI=1S/C8H14O6S/c1-3(15)8(13)4(2-9)14-7(12)5(10)6(8)11/h4-7,9-13H,2H2,1H3/t4-,5-,6-,7-,8-/m1/s1. The lowest BCUT2D eigenvalue weighted by atomic mass is 9.82. The van der Waals surface area contributed by atoms with Gasteiger partial charge in [0.15, 0.2) is 11.9 Å². The molecule has 5 N–H and O–H groups in total. The number of hydrogen-bond donors (Lipinski definition) is 5. The lowest BCUT2D eigenvalue weighted by Crippen LogP contribution is -2.69. The van der Waals surface area contributed by atoms with E-state index in [-0.39, 0.29) is 4.86 Å². The summed E-state index contributed by atoms with van der Waals surface area (Å²) in [5, 5.41) is 47.1. The number of ether oxygens (including phenoxy) is 1. The molecule has 0 unspecified atom stereocenters. The first-order chi connectivity index (χ1) is 6.85. The Morgan fingerprint density at radius 2 is 1.93 bits per heavy atom. The molecule has 1 aliphatic heterocycles. The van der Waals surface area contributed by atoms with E-state index in [1.807, 2.05) is 0 Å². The van der Waals surface area contributed by atoms with E-state index in [4.69, 9.17) is 27.2 Å². The van der Waals surface area contributed by atoms with Crippen LogP contribution in [0.4, 0.5) is 0 Å². The average Bonchev–Trinajstić information content (AvgIpc) is 2.20. The molecule has 0 aromatic carbocycles. The first kappa shape index (κ1) is 12.9. The molecule has 88 valence electrons. The Bertz CT molecular complexity index is 256. The second-order valence-corrected chi connectivity index (χ2v) is 4.13. The minimum Gasteiger partial charge on any atom is -0.394 e. The third-order valence-electron chi connectivity index (χ3n) is 2.59. The number of hydrogen-bond acceptors (Lipinski definition) is 7. The second kappa shape index (κ2) is 4.38. The van der Waals surface area contributed by atoms with Crippen LogP contribution in [-0.4, -0.2) is 67.2 Å². The van der Waals surface area contributed by atoms with E-state index in [2.05, 4.69) is 0 Å². The topological polar surface area (TPSA) is 110 Å². The van der Waals surface area contributed by atoms with Gasteiger partial charge in [-0.15, -0.1) is 0 Å². The Labute approximate surface area is 91.7 Å². The molecule has 1 aliphatic rings. The summed E-state index contributed by atoms with van der Waals surface area (Å²) in [4.78, 5) is -0.0278. The van der Waals surface area contributed by atoms with Gasteiger partial charge in [0.1, 0.15) is 18.3 Å². The van der Waals surface area contributed by atoms with Gasteiger partial charge in [0.25, 0.3) is 0 Å². The normalized spacial score (nSPS) is 46.5. The van der Waals surface area contributed by atoms with Crippen molar-refractivity contribution in [1.82, 2.24) is 0 Å². The fourth-order valence-electron chi connectivity index (χ4n) is 1.58. The van der Waals surface area contributed by atoms with E-state index in [1.165, 1.54) is 6.92 Å². The van der Waals surface area contributed by atoms with Gasteiger partial charge in [-0.1, -0.05) is 12.2 Å². The van der Waals surface area contributed by atoms with Gasteiger partial charge in [-0.3, -0.25) is 0 Å². The van der Waals surface area contributed by atoms with Crippen molar-refractivity contribution in [2.75, 3.05) is 6.61 Å². The molecule has 1 saturated heterocycles. The van der Waals surface area contributed by atoms with Gasteiger partial charge in [0, 0.05) is 4.86 Å². The van der Waals surface area contributed by atoms with Gasteiger partial charge >= 0.3 is 0 Å². The molecule has 0 aromatic heterocycles. The van der Waals surface area contributed by atoms with Crippen LogP contribution < -0.4 is 0 Å². The highest BCUT2D eigenvalue weighted by atomic mass is 32.1. The smallest absolute Gasteiger partial charge is 0.184 e. The van der Waals surface area contributed by atoms with Crippen molar-refractivity contribution in [3.05, 3.63) is 0 Å². The minimum absolute atomic E-state index is 0.0278. The van der Waals surface area contributed by atoms with Crippen LogP contribution >= 0.6 is 12.2 Å². The first-order valence-electron chi connectivity index (χ1n) is 4.39. The molecular weight excluding hydrogens is 224 g/mol. The van der Waals surface area contributed by atoms with Crippen molar-refractivity contribution in [3.63, 3.8) is 0 Å². The highest BCUT2D eigenvalue weighted by molar-refractivity contribution is 7.80. The van der Waals surface area contributed by atoms with Gasteiger partial charge in [0.2, 0.25) is 0 Å². The van der Waals surface area contributed by atoms with E-state index < -0.39 is 36.8 Å². The van der Waals surface area contributed by atoms with E-state index in [1.54, 1.807) is 0 Å². The fourth-order valence-corrected chi connectivity index (χ4v) is 1.83. The maximum atomic E-state index is 10.0. The van der Waals surface area contributed by atoms with E-state index in [0.717, 1.165) is 0 Å². The van der Waals surface area contributed by atoms with Gasteiger partial charge in [-0.25, -0.2) is 0 Å². The highest BCUT2D eigenvalue weighted by Crippen LogP contribution is 2.30. The maximum absolute atomic E-state index is 10.0. The Morgan fingerprint density at radius 3 is 2.33 bits per heavy atom. The van der Waals surface area contributed by atoms with Crippen molar-refractivity contribution in [2.24, 2.45) is 0 Å². The molecule has 7 heteroatoms. The summed E-state index contributed by atoms with van der Waals surface area (Å²) in [6.45, 7) is 0.723. The zero-order valence-corrected chi connectivity index (χ0v) is 8.89. The quantitative estimate of drug-likeness (QED) is 0.339. The van der Waals surface area contributed by atoms with Crippen molar-refractivity contribution in [3.8, 4) is 0 Å². The molecule has 1 rings (SSSR count). The lowest BCUT2D eigenvalue weighted by molar-refractivity contribution is -0.302. The highest BCUT2D eigenvalue weighted by Gasteiger charge is 2.55. The third-order valence-corrected chi connectivity index (χ3v) is 2.92. The van der Waals surface area contributed by atoms with Crippen LogP contribution in [0.5, 0.6) is 0 Å². The maximum Gasteiger partial charge on any atom is 0.184 e. The van der Waals surface area contributed by atoms with Gasteiger partial charge in [0.05, 0.1) is 6.61 Å². The third kappa shape index (κ3) is 1.92. The summed E-state index contributed by atoms with van der Waals surface area (Å²) in [5.74, 6) is 0. The molecule has 0 radical (unpaired) electrons. The molecule has 5 atom stereocenters. The molecule has 0 aromatic rings. The summed E-state index contributed by atoms with van der Waals surface area (Å²) >= 11 is 4.75. The summed E-state index contributed by atoms with van der Waals surface area (Å²) < 4.78 is 4.75. The summed E-state index contributed by atoms with van der Waals surface area (Å²) in [5.41, 5.74) is -2.04. The van der Waals surface area contributed by atoms with Crippen molar-refractivity contribution < 1.29 is 30.3 Å². The molecular formula is C8H14O6S. The van der Waals surface area contributed by atoms with Crippen molar-refractivity contribution in [1.29, 1.82) is 0 Å². The van der Waals surface area contributed by atoms with Gasteiger partial charge in [-0.05, 0) is 6.92 Å². The van der Waals surface area contributed by atoms with Crippen LogP contribution in [-0.2, 0) is 4.74 Å². The molecule has 0 amide bonds. The van der Waals surface area contributed by atoms with E-state index in [9.17, 15) is 15.3 Å².